The number of hydrogen-bond donors (Lipinski definition) is 0. The first-order valence-electron chi connectivity index (χ1n) is 27.9. The Kier molecular flexibility index (Phi) is 27.0. The van der Waals surface area contributed by atoms with Crippen LogP contribution in [0.2, 0.25) is 74.5 Å². The number of unbranched alkanes of at least 4 members (excludes halogenated alkanes) is 10. The second kappa shape index (κ2) is 31.1. The van der Waals surface area contributed by atoms with Crippen molar-refractivity contribution in [3.63, 3.8) is 0 Å². The van der Waals surface area contributed by atoms with Crippen molar-refractivity contribution in [3.05, 3.63) is 59.7 Å². The normalized spacial score (nSPS) is 18.0. The van der Waals surface area contributed by atoms with Crippen LogP contribution in [0.5, 0.6) is 11.5 Å². The molecule has 6 atom stereocenters. The first-order valence-corrected chi connectivity index (χ1v) is 39.9. The van der Waals surface area contributed by atoms with Crippen molar-refractivity contribution in [2.45, 2.75) is 242 Å². The largest absolute Gasteiger partial charge is 0.491 e. The van der Waals surface area contributed by atoms with Crippen molar-refractivity contribution < 1.29 is 31.9 Å². The molecule has 0 amide bonds. The maximum absolute atomic E-state index is 7.66. The van der Waals surface area contributed by atoms with E-state index in [2.05, 4.69) is 120 Å². The van der Waals surface area contributed by atoms with Gasteiger partial charge in [-0.25, -0.2) is 0 Å². The third kappa shape index (κ3) is 23.4. The molecule has 0 bridgehead atoms. The van der Waals surface area contributed by atoms with Gasteiger partial charge in [0.25, 0.3) is 0 Å². The summed E-state index contributed by atoms with van der Waals surface area (Å²) in [5, 5.41) is 0. The molecule has 0 spiro atoms. The maximum Gasteiger partial charge on any atom is 0.189 e. The summed E-state index contributed by atoms with van der Waals surface area (Å²) in [7, 11) is -3.90. The molecular weight excluding hydrogens is 921 g/mol. The van der Waals surface area contributed by atoms with E-state index in [1.165, 1.54) is 133 Å². The Hall–Kier alpha value is -1.73. The van der Waals surface area contributed by atoms with Gasteiger partial charge in [0.15, 0.2) is 33.3 Å². The molecule has 0 N–H and O–H groups in total. The van der Waals surface area contributed by atoms with Gasteiger partial charge in [0.05, 0.1) is 13.2 Å². The zero-order valence-corrected chi connectivity index (χ0v) is 50.3. The molecule has 11 heteroatoms. The maximum atomic E-state index is 7.66. The third-order valence-corrected chi connectivity index (χ3v) is 32.1. The van der Waals surface area contributed by atoms with Gasteiger partial charge >= 0.3 is 0 Å². The van der Waals surface area contributed by atoms with E-state index in [1.54, 1.807) is 0 Å². The number of epoxide rings is 2. The van der Waals surface area contributed by atoms with E-state index in [9.17, 15) is 0 Å². The SMILES string of the molecule is CC#CC(CCC(CCCCCCCCc1cccc(OCC2CO2)c1)[Si](C)(C)OC)[Si](C)(C)O[Si](C)(C)C(CCC)CCC(CCCCCCCCc1cccc(OCC2CO2)c1)[Si](C)(C)OC. The molecule has 0 aromatic heterocycles. The van der Waals surface area contributed by atoms with Gasteiger partial charge in [0, 0.05) is 19.8 Å². The summed E-state index contributed by atoms with van der Waals surface area (Å²) in [5.74, 6) is 9.09. The third-order valence-electron chi connectivity index (χ3n) is 16.0. The zero-order chi connectivity index (χ0) is 50.2. The topological polar surface area (TPSA) is 71.2 Å². The summed E-state index contributed by atoms with van der Waals surface area (Å²) < 4.78 is 42.7. The van der Waals surface area contributed by atoms with E-state index >= 15 is 0 Å². The van der Waals surface area contributed by atoms with Crippen LogP contribution in [0.3, 0.4) is 0 Å². The van der Waals surface area contributed by atoms with E-state index in [1.807, 2.05) is 21.1 Å². The van der Waals surface area contributed by atoms with Gasteiger partial charge in [0.1, 0.15) is 36.9 Å². The standard InChI is InChI=1S/C58H102O7Si4/c1-13-29-55(39-41-57(66(5,6)59-3)37-25-21-17-15-19-23-31-49-33-27-35-51(43-49)61-45-53-47-63-53)68(9,10)65-69(11,12)56(30-14-2)40-42-58(67(7,8)60-4)38-26-22-18-16-20-24-32-50-34-28-36-52(44-50)62-46-54-48-64-54/h27-28,33-36,43-44,53-58H,13,15-26,29,31-32,37-42,45-48H2,1-12H3. The highest BCUT2D eigenvalue weighted by molar-refractivity contribution is 6.86. The number of aryl methyl sites for hydroxylation is 2. The average Bonchev–Trinajstić information content (AvgIpc) is 4.27. The first kappa shape index (κ1) is 59.8. The molecule has 2 aromatic rings. The average molecular weight is 1020 g/mol. The highest BCUT2D eigenvalue weighted by atomic mass is 28.4. The van der Waals surface area contributed by atoms with Gasteiger partial charge in [-0.05, 0) is 150 Å². The van der Waals surface area contributed by atoms with E-state index in [-0.39, 0.29) is 0 Å². The molecule has 7 nitrogen and oxygen atoms in total. The van der Waals surface area contributed by atoms with Crippen LogP contribution in [0.15, 0.2) is 48.5 Å². The molecule has 0 saturated carbocycles. The molecule has 69 heavy (non-hydrogen) atoms. The second-order valence-corrected chi connectivity index (χ2v) is 40.7. The lowest BCUT2D eigenvalue weighted by molar-refractivity contribution is 0.263. The molecule has 2 aliphatic heterocycles. The van der Waals surface area contributed by atoms with Crippen molar-refractivity contribution in [3.8, 4) is 23.3 Å². The van der Waals surface area contributed by atoms with Crippen LogP contribution >= 0.6 is 0 Å². The van der Waals surface area contributed by atoms with Gasteiger partial charge in [0.2, 0.25) is 0 Å². The molecule has 0 aliphatic carbocycles. The summed E-state index contributed by atoms with van der Waals surface area (Å²) in [4.78, 5) is 0. The summed E-state index contributed by atoms with van der Waals surface area (Å²) in [5.41, 5.74) is 5.08. The van der Waals surface area contributed by atoms with Crippen LogP contribution in [0.25, 0.3) is 0 Å². The Bertz CT molecular complexity index is 1770. The van der Waals surface area contributed by atoms with Crippen LogP contribution in [0.1, 0.15) is 153 Å². The lowest BCUT2D eigenvalue weighted by atomic mass is 10.0. The fourth-order valence-electron chi connectivity index (χ4n) is 10.7. The highest BCUT2D eigenvalue weighted by Gasteiger charge is 2.44. The quantitative estimate of drug-likeness (QED) is 0.0285. The van der Waals surface area contributed by atoms with Crippen LogP contribution in [0, 0.1) is 11.8 Å². The monoisotopic (exact) mass is 1020 g/mol. The van der Waals surface area contributed by atoms with E-state index in [4.69, 9.17) is 31.9 Å². The number of benzene rings is 2. The van der Waals surface area contributed by atoms with Crippen molar-refractivity contribution in [2.75, 3.05) is 40.6 Å². The summed E-state index contributed by atoms with van der Waals surface area (Å²) in [6, 6.07) is 17.3. The summed E-state index contributed by atoms with van der Waals surface area (Å²) in [6.45, 7) is 27.3. The van der Waals surface area contributed by atoms with Crippen molar-refractivity contribution in [1.29, 1.82) is 0 Å². The van der Waals surface area contributed by atoms with E-state index in [0.717, 1.165) is 44.0 Å². The summed E-state index contributed by atoms with van der Waals surface area (Å²) >= 11 is 0. The van der Waals surface area contributed by atoms with Crippen LogP contribution in [-0.2, 0) is 35.3 Å². The Morgan fingerprint density at radius 3 is 1.33 bits per heavy atom. The van der Waals surface area contributed by atoms with Gasteiger partial charge in [-0.15, -0.1) is 11.8 Å². The van der Waals surface area contributed by atoms with Gasteiger partial charge in [-0.1, -0.05) is 134 Å². The highest BCUT2D eigenvalue weighted by Crippen LogP contribution is 2.44. The Labute approximate surface area is 428 Å². The van der Waals surface area contributed by atoms with Crippen LogP contribution in [0.4, 0.5) is 0 Å². The smallest absolute Gasteiger partial charge is 0.189 e. The molecule has 4 rings (SSSR count). The minimum atomic E-state index is -2.15. The second-order valence-electron chi connectivity index (χ2n) is 23.1. The predicted octanol–water partition coefficient (Wildman–Crippen LogP) is 16.5. The lowest BCUT2D eigenvalue weighted by Gasteiger charge is -2.43. The molecular formula is C58H102O7Si4. The minimum absolute atomic E-state index is 0.295. The zero-order valence-electron chi connectivity index (χ0n) is 46.3. The Morgan fingerprint density at radius 1 is 0.522 bits per heavy atom. The number of hydrogen-bond acceptors (Lipinski definition) is 7. The molecule has 2 saturated heterocycles. The molecule has 2 fully saturated rings. The van der Waals surface area contributed by atoms with Crippen LogP contribution < -0.4 is 9.47 Å². The molecule has 2 aliphatic rings. The molecule has 6 unspecified atom stereocenters. The molecule has 2 heterocycles. The van der Waals surface area contributed by atoms with Crippen LogP contribution in [-0.4, -0.2) is 86.1 Å². The Morgan fingerprint density at radius 2 is 0.928 bits per heavy atom. The fourth-order valence-corrected chi connectivity index (χ4v) is 24.8. The van der Waals surface area contributed by atoms with Gasteiger partial charge in [-0.3, -0.25) is 0 Å². The molecule has 2 aromatic carbocycles. The number of rotatable bonds is 40. The fraction of sp³-hybridized carbons (Fsp3) is 0.759. The van der Waals surface area contributed by atoms with Crippen molar-refractivity contribution in [2.24, 2.45) is 0 Å². The van der Waals surface area contributed by atoms with Gasteiger partial charge in [-0.2, -0.15) is 0 Å². The first-order chi connectivity index (χ1) is 33.0. The van der Waals surface area contributed by atoms with E-state index < -0.39 is 33.3 Å². The van der Waals surface area contributed by atoms with Crippen molar-refractivity contribution >= 4 is 33.3 Å². The van der Waals surface area contributed by atoms with Gasteiger partial charge < -0.3 is 31.9 Å². The minimum Gasteiger partial charge on any atom is -0.491 e. The Balaban J connectivity index is 1.20. The summed E-state index contributed by atoms with van der Waals surface area (Å²) in [6.07, 6.45) is 28.4. The molecule has 0 radical (unpaired) electrons. The lowest BCUT2D eigenvalue weighted by Crippen LogP contribution is -2.50. The van der Waals surface area contributed by atoms with E-state index in [0.29, 0.717) is 47.6 Å². The number of ether oxygens (including phenoxy) is 4. The predicted molar refractivity (Wildman–Crippen MR) is 302 cm³/mol. The molecule has 392 valence electrons. The van der Waals surface area contributed by atoms with Crippen molar-refractivity contribution in [1.82, 2.24) is 0 Å².